The average Bonchev–Trinajstić information content (AvgIpc) is 3.08. The predicted octanol–water partition coefficient (Wildman–Crippen LogP) is 1.60. The number of alkyl halides is 3. The van der Waals surface area contributed by atoms with E-state index in [0.717, 1.165) is 12.8 Å². The Morgan fingerprint density at radius 1 is 1.29 bits per heavy atom. The second-order valence-electron chi connectivity index (χ2n) is 3.93. The molecule has 0 atom stereocenters. The van der Waals surface area contributed by atoms with Gasteiger partial charge in [-0.15, -0.1) is 0 Å². The first-order chi connectivity index (χ1) is 7.99. The third kappa shape index (κ3) is 3.19. The highest BCUT2D eigenvalue weighted by Gasteiger charge is 2.35. The molecule has 8 heteroatoms. The minimum atomic E-state index is -4.58. The minimum absolute atomic E-state index is 0.0642. The van der Waals surface area contributed by atoms with Crippen LogP contribution in [-0.4, -0.2) is 16.5 Å². The van der Waals surface area contributed by atoms with E-state index in [4.69, 9.17) is 5.84 Å². The van der Waals surface area contributed by atoms with E-state index >= 15 is 0 Å². The zero-order valence-electron chi connectivity index (χ0n) is 8.88. The number of nitrogen functional groups attached to an aromatic ring is 1. The molecule has 0 aliphatic heterocycles. The van der Waals surface area contributed by atoms with Gasteiger partial charge >= 0.3 is 6.18 Å². The van der Waals surface area contributed by atoms with Crippen molar-refractivity contribution in [2.24, 2.45) is 11.8 Å². The quantitative estimate of drug-likeness (QED) is 0.556. The zero-order chi connectivity index (χ0) is 12.5. The van der Waals surface area contributed by atoms with Crippen molar-refractivity contribution in [3.63, 3.8) is 0 Å². The number of hydrazine groups is 1. The van der Waals surface area contributed by atoms with Gasteiger partial charge < -0.3 is 10.7 Å². The fraction of sp³-hybridized carbons (Fsp3) is 0.556. The number of anilines is 2. The molecule has 0 spiro atoms. The standard InChI is InChI=1S/C9H12F3N5/c10-9(11,12)8-15-6(3-7(16-8)17-13)14-4-5-1-2-5/h3,5H,1-2,4,13H2,(H2,14,15,16,17). The molecule has 4 N–H and O–H groups in total. The molecule has 1 aliphatic carbocycles. The van der Waals surface area contributed by atoms with Crippen molar-refractivity contribution in [2.45, 2.75) is 19.0 Å². The van der Waals surface area contributed by atoms with E-state index in [1.807, 2.05) is 0 Å². The zero-order valence-corrected chi connectivity index (χ0v) is 8.88. The fourth-order valence-electron chi connectivity index (χ4n) is 1.31. The summed E-state index contributed by atoms with van der Waals surface area (Å²) in [4.78, 5) is 6.66. The molecule has 1 saturated carbocycles. The molecule has 94 valence electrons. The van der Waals surface area contributed by atoms with Gasteiger partial charge in [-0.05, 0) is 18.8 Å². The number of hydrogen-bond acceptors (Lipinski definition) is 5. The summed E-state index contributed by atoms with van der Waals surface area (Å²) in [6, 6.07) is 1.34. The summed E-state index contributed by atoms with van der Waals surface area (Å²) in [5.74, 6) is 4.46. The molecule has 0 amide bonds. The van der Waals surface area contributed by atoms with Gasteiger partial charge in [-0.1, -0.05) is 0 Å². The normalized spacial score (nSPS) is 15.8. The Morgan fingerprint density at radius 3 is 2.47 bits per heavy atom. The molecule has 17 heavy (non-hydrogen) atoms. The molecule has 0 aromatic carbocycles. The van der Waals surface area contributed by atoms with Gasteiger partial charge in [-0.3, -0.25) is 0 Å². The summed E-state index contributed by atoms with van der Waals surface area (Å²) in [5.41, 5.74) is 2.09. The maximum Gasteiger partial charge on any atom is 0.451 e. The summed E-state index contributed by atoms with van der Waals surface area (Å²) in [6.07, 6.45) is -2.37. The van der Waals surface area contributed by atoms with Crippen molar-refractivity contribution in [1.82, 2.24) is 9.97 Å². The van der Waals surface area contributed by atoms with Gasteiger partial charge in [0.05, 0.1) is 0 Å². The Balaban J connectivity index is 2.18. The van der Waals surface area contributed by atoms with E-state index in [2.05, 4.69) is 20.7 Å². The number of hydrogen-bond donors (Lipinski definition) is 3. The van der Waals surface area contributed by atoms with Crippen molar-refractivity contribution in [3.05, 3.63) is 11.9 Å². The Hall–Kier alpha value is -1.57. The monoisotopic (exact) mass is 247 g/mol. The van der Waals surface area contributed by atoms with E-state index in [9.17, 15) is 13.2 Å². The maximum atomic E-state index is 12.5. The molecule has 0 unspecified atom stereocenters. The number of rotatable bonds is 4. The Labute approximate surface area is 95.6 Å². The van der Waals surface area contributed by atoms with Crippen LogP contribution in [-0.2, 0) is 6.18 Å². The predicted molar refractivity (Wildman–Crippen MR) is 56.1 cm³/mol. The minimum Gasteiger partial charge on any atom is -0.370 e. The largest absolute Gasteiger partial charge is 0.451 e. The first-order valence-electron chi connectivity index (χ1n) is 5.16. The molecule has 0 radical (unpaired) electrons. The number of nitrogens with zero attached hydrogens (tertiary/aromatic N) is 2. The van der Waals surface area contributed by atoms with Crippen LogP contribution in [0.4, 0.5) is 24.8 Å². The van der Waals surface area contributed by atoms with Crippen LogP contribution in [0, 0.1) is 5.92 Å². The number of aromatic nitrogens is 2. The molecule has 1 aliphatic rings. The molecule has 1 aromatic rings. The summed E-state index contributed by atoms with van der Waals surface area (Å²) in [6.45, 7) is 0.623. The van der Waals surface area contributed by atoms with Crippen LogP contribution in [0.25, 0.3) is 0 Å². The molecule has 1 aromatic heterocycles. The third-order valence-corrected chi connectivity index (χ3v) is 2.40. The second-order valence-corrected chi connectivity index (χ2v) is 3.93. The van der Waals surface area contributed by atoms with E-state index in [-0.39, 0.29) is 11.6 Å². The maximum absolute atomic E-state index is 12.5. The molecule has 0 bridgehead atoms. The lowest BCUT2D eigenvalue weighted by Crippen LogP contribution is -2.17. The molecule has 2 rings (SSSR count). The van der Waals surface area contributed by atoms with E-state index < -0.39 is 12.0 Å². The number of nitrogens with two attached hydrogens (primary N) is 1. The highest BCUT2D eigenvalue weighted by atomic mass is 19.4. The van der Waals surface area contributed by atoms with Crippen LogP contribution >= 0.6 is 0 Å². The van der Waals surface area contributed by atoms with Crippen molar-refractivity contribution in [2.75, 3.05) is 17.3 Å². The lowest BCUT2D eigenvalue weighted by molar-refractivity contribution is -0.144. The van der Waals surface area contributed by atoms with Crippen molar-refractivity contribution in [1.29, 1.82) is 0 Å². The SMILES string of the molecule is NNc1cc(NCC2CC2)nc(C(F)(F)F)n1. The molecule has 0 saturated heterocycles. The van der Waals surface area contributed by atoms with Crippen LogP contribution in [0.1, 0.15) is 18.7 Å². The summed E-state index contributed by atoms with van der Waals surface area (Å²) in [5, 5.41) is 2.85. The molecular weight excluding hydrogens is 235 g/mol. The number of nitrogens with one attached hydrogen (secondary N) is 2. The van der Waals surface area contributed by atoms with Crippen LogP contribution < -0.4 is 16.6 Å². The van der Waals surface area contributed by atoms with Crippen LogP contribution in [0.15, 0.2) is 6.07 Å². The van der Waals surface area contributed by atoms with Crippen LogP contribution in [0.2, 0.25) is 0 Å². The molecule has 5 nitrogen and oxygen atoms in total. The Bertz CT molecular complexity index is 402. The van der Waals surface area contributed by atoms with E-state index in [1.165, 1.54) is 6.07 Å². The van der Waals surface area contributed by atoms with Gasteiger partial charge in [0.15, 0.2) is 0 Å². The lowest BCUT2D eigenvalue weighted by atomic mass is 10.4. The van der Waals surface area contributed by atoms with Crippen LogP contribution in [0.5, 0.6) is 0 Å². The highest BCUT2D eigenvalue weighted by Crippen LogP contribution is 2.30. The fourth-order valence-corrected chi connectivity index (χ4v) is 1.31. The van der Waals surface area contributed by atoms with Crippen molar-refractivity contribution in [3.8, 4) is 0 Å². The topological polar surface area (TPSA) is 75.9 Å². The van der Waals surface area contributed by atoms with E-state index in [1.54, 1.807) is 0 Å². The lowest BCUT2D eigenvalue weighted by Gasteiger charge is -2.10. The number of halogens is 3. The average molecular weight is 247 g/mol. The third-order valence-electron chi connectivity index (χ3n) is 2.40. The van der Waals surface area contributed by atoms with Gasteiger partial charge in [0, 0.05) is 12.6 Å². The summed E-state index contributed by atoms with van der Waals surface area (Å²) in [7, 11) is 0. The van der Waals surface area contributed by atoms with Crippen molar-refractivity contribution < 1.29 is 13.2 Å². The van der Waals surface area contributed by atoms with Crippen LogP contribution in [0.3, 0.4) is 0 Å². The van der Waals surface area contributed by atoms with Crippen molar-refractivity contribution >= 4 is 11.6 Å². The van der Waals surface area contributed by atoms with Gasteiger partial charge in [0.1, 0.15) is 11.6 Å². The van der Waals surface area contributed by atoms with Gasteiger partial charge in [-0.25, -0.2) is 15.8 Å². The first kappa shape index (κ1) is 11.9. The molecule has 1 heterocycles. The summed E-state index contributed by atoms with van der Waals surface area (Å²) < 4.78 is 37.4. The first-order valence-corrected chi connectivity index (χ1v) is 5.16. The van der Waals surface area contributed by atoms with Gasteiger partial charge in [0.25, 0.3) is 0 Å². The molecular formula is C9H12F3N5. The Morgan fingerprint density at radius 2 is 1.94 bits per heavy atom. The highest BCUT2D eigenvalue weighted by molar-refractivity contribution is 5.47. The second kappa shape index (κ2) is 4.36. The van der Waals surface area contributed by atoms with Gasteiger partial charge in [0.2, 0.25) is 5.82 Å². The smallest absolute Gasteiger partial charge is 0.370 e. The molecule has 1 fully saturated rings. The van der Waals surface area contributed by atoms with Gasteiger partial charge in [-0.2, -0.15) is 13.2 Å². The summed E-state index contributed by atoms with van der Waals surface area (Å²) >= 11 is 0. The van der Waals surface area contributed by atoms with E-state index in [0.29, 0.717) is 12.5 Å². The Kier molecular flexibility index (Phi) is 3.05.